The fourth-order valence-electron chi connectivity index (χ4n) is 2.17. The molecule has 0 aliphatic heterocycles. The fourth-order valence-corrected chi connectivity index (χ4v) is 2.28. The van der Waals surface area contributed by atoms with Crippen molar-refractivity contribution in [2.45, 2.75) is 32.8 Å². The second kappa shape index (κ2) is 9.77. The number of para-hydroxylation sites is 1. The summed E-state index contributed by atoms with van der Waals surface area (Å²) in [6, 6.07) is 10.3. The summed E-state index contributed by atoms with van der Waals surface area (Å²) in [6.07, 6.45) is 2.50. The number of pyridine rings is 1. The first kappa shape index (κ1) is 19.7. The third kappa shape index (κ3) is 5.74. The van der Waals surface area contributed by atoms with Crippen molar-refractivity contribution >= 4 is 35.0 Å². The molecular weight excluding hydrogens is 354 g/mol. The summed E-state index contributed by atoms with van der Waals surface area (Å²) in [7, 11) is 0. The molecule has 0 saturated heterocycles. The molecule has 0 bridgehead atoms. The van der Waals surface area contributed by atoms with Crippen LogP contribution in [0.2, 0.25) is 5.02 Å². The summed E-state index contributed by atoms with van der Waals surface area (Å²) >= 11 is 5.76. The van der Waals surface area contributed by atoms with Gasteiger partial charge in [0.15, 0.2) is 6.10 Å². The topological polar surface area (TPSA) is 80.3 Å². The minimum absolute atomic E-state index is 0.337. The molecule has 2 aromatic rings. The van der Waals surface area contributed by atoms with Gasteiger partial charge in [-0.1, -0.05) is 37.1 Å². The number of carbonyl (C=O) groups excluding carboxylic acids is 2. The molecule has 1 amide bonds. The number of nitrogens with zero attached hydrogens (tertiary/aromatic N) is 1. The van der Waals surface area contributed by atoms with Crippen molar-refractivity contribution < 1.29 is 14.3 Å². The van der Waals surface area contributed by atoms with Gasteiger partial charge in [0.05, 0.1) is 10.6 Å². The Hall–Kier alpha value is -2.60. The van der Waals surface area contributed by atoms with E-state index in [-0.39, 0.29) is 0 Å². The van der Waals surface area contributed by atoms with Crippen LogP contribution in [0.1, 0.15) is 37.0 Å². The Kier molecular flexibility index (Phi) is 7.41. The van der Waals surface area contributed by atoms with Gasteiger partial charge in [0.25, 0.3) is 5.91 Å². The second-order valence-corrected chi connectivity index (χ2v) is 6.16. The molecule has 26 heavy (non-hydrogen) atoms. The lowest BCUT2D eigenvalue weighted by Crippen LogP contribution is -2.30. The fraction of sp³-hybridized carbons (Fsp3) is 0.316. The highest BCUT2D eigenvalue weighted by Crippen LogP contribution is 2.17. The average Bonchev–Trinajstić information content (AvgIpc) is 2.64. The number of hydrogen-bond donors (Lipinski definition) is 2. The van der Waals surface area contributed by atoms with E-state index < -0.39 is 18.0 Å². The van der Waals surface area contributed by atoms with Gasteiger partial charge in [-0.3, -0.25) is 4.79 Å². The Labute approximate surface area is 157 Å². The van der Waals surface area contributed by atoms with Crippen LogP contribution in [0.5, 0.6) is 0 Å². The van der Waals surface area contributed by atoms with E-state index in [0.29, 0.717) is 22.1 Å². The number of hydrogen-bond acceptors (Lipinski definition) is 5. The molecule has 0 radical (unpaired) electrons. The number of esters is 1. The number of carbonyl (C=O) groups is 2. The summed E-state index contributed by atoms with van der Waals surface area (Å²) in [4.78, 5) is 28.6. The first-order valence-electron chi connectivity index (χ1n) is 8.47. The monoisotopic (exact) mass is 375 g/mol. The van der Waals surface area contributed by atoms with Gasteiger partial charge in [-0.15, -0.1) is 0 Å². The third-order valence-electron chi connectivity index (χ3n) is 3.62. The van der Waals surface area contributed by atoms with E-state index in [2.05, 4.69) is 22.5 Å². The van der Waals surface area contributed by atoms with Crippen molar-refractivity contribution in [3.8, 4) is 0 Å². The van der Waals surface area contributed by atoms with Crippen LogP contribution >= 0.6 is 11.6 Å². The molecular formula is C19H22ClN3O3. The molecule has 2 N–H and O–H groups in total. The minimum atomic E-state index is -0.969. The van der Waals surface area contributed by atoms with Gasteiger partial charge in [-0.05, 0) is 37.6 Å². The van der Waals surface area contributed by atoms with Crippen LogP contribution in [0.25, 0.3) is 0 Å². The molecule has 0 spiro atoms. The van der Waals surface area contributed by atoms with Crippen LogP contribution in [0.4, 0.5) is 11.5 Å². The molecule has 1 aromatic heterocycles. The lowest BCUT2D eigenvalue weighted by Gasteiger charge is -2.15. The predicted octanol–water partition coefficient (Wildman–Crippen LogP) is 4.13. The highest BCUT2D eigenvalue weighted by molar-refractivity contribution is 6.30. The van der Waals surface area contributed by atoms with Crippen molar-refractivity contribution in [1.29, 1.82) is 0 Å². The number of rotatable bonds is 8. The maximum atomic E-state index is 12.4. The Morgan fingerprint density at radius 2 is 2.00 bits per heavy atom. The van der Waals surface area contributed by atoms with E-state index in [0.717, 1.165) is 19.4 Å². The molecule has 0 aliphatic rings. The Balaban J connectivity index is 1.97. The Morgan fingerprint density at radius 3 is 2.69 bits per heavy atom. The van der Waals surface area contributed by atoms with E-state index in [1.165, 1.54) is 13.1 Å². The Morgan fingerprint density at radius 1 is 1.23 bits per heavy atom. The number of anilines is 2. The molecule has 1 heterocycles. The lowest BCUT2D eigenvalue weighted by atomic mass is 10.1. The summed E-state index contributed by atoms with van der Waals surface area (Å²) in [5.74, 6) is -0.690. The van der Waals surface area contributed by atoms with E-state index in [4.69, 9.17) is 16.3 Å². The molecule has 0 unspecified atom stereocenters. The van der Waals surface area contributed by atoms with Crippen molar-refractivity contribution in [1.82, 2.24) is 4.98 Å². The standard InChI is InChI=1S/C19H22ClN3O3/c1-3-4-11-21-16-8-6-5-7-15(16)19(25)26-13(2)18(24)23-17-10-9-14(20)12-22-17/h5-10,12-13,21H,3-4,11H2,1-2H3,(H,22,23,24)/t13-/m1/s1. The average molecular weight is 376 g/mol. The summed E-state index contributed by atoms with van der Waals surface area (Å²) in [5.41, 5.74) is 1.09. The van der Waals surface area contributed by atoms with Gasteiger partial charge < -0.3 is 15.4 Å². The number of nitrogens with one attached hydrogen (secondary N) is 2. The molecule has 0 saturated carbocycles. The smallest absolute Gasteiger partial charge is 0.341 e. The van der Waals surface area contributed by atoms with E-state index in [1.807, 2.05) is 12.1 Å². The Bertz CT molecular complexity index is 750. The highest BCUT2D eigenvalue weighted by Gasteiger charge is 2.21. The minimum Gasteiger partial charge on any atom is -0.449 e. The zero-order valence-corrected chi connectivity index (χ0v) is 15.5. The highest BCUT2D eigenvalue weighted by atomic mass is 35.5. The number of amides is 1. The molecule has 2 rings (SSSR count). The zero-order chi connectivity index (χ0) is 18.9. The van der Waals surface area contributed by atoms with Gasteiger partial charge in [0.2, 0.25) is 0 Å². The number of aromatic nitrogens is 1. The van der Waals surface area contributed by atoms with Gasteiger partial charge >= 0.3 is 5.97 Å². The van der Waals surface area contributed by atoms with E-state index in [9.17, 15) is 9.59 Å². The van der Waals surface area contributed by atoms with E-state index >= 15 is 0 Å². The third-order valence-corrected chi connectivity index (χ3v) is 3.85. The van der Waals surface area contributed by atoms with Gasteiger partial charge in [-0.25, -0.2) is 9.78 Å². The molecule has 0 aliphatic carbocycles. The quantitative estimate of drug-likeness (QED) is 0.535. The van der Waals surface area contributed by atoms with Crippen molar-refractivity contribution in [2.24, 2.45) is 0 Å². The number of ether oxygens (including phenoxy) is 1. The number of benzene rings is 1. The van der Waals surface area contributed by atoms with Crippen molar-refractivity contribution in [2.75, 3.05) is 17.2 Å². The zero-order valence-electron chi connectivity index (χ0n) is 14.8. The van der Waals surface area contributed by atoms with Crippen LogP contribution in [-0.2, 0) is 9.53 Å². The van der Waals surface area contributed by atoms with Crippen LogP contribution in [0.3, 0.4) is 0 Å². The SMILES string of the molecule is CCCCNc1ccccc1C(=O)O[C@H](C)C(=O)Nc1ccc(Cl)cn1. The largest absolute Gasteiger partial charge is 0.449 e. The second-order valence-electron chi connectivity index (χ2n) is 5.72. The number of unbranched alkanes of at least 4 members (excludes halogenated alkanes) is 1. The first-order chi connectivity index (χ1) is 12.5. The molecule has 138 valence electrons. The lowest BCUT2D eigenvalue weighted by molar-refractivity contribution is -0.123. The predicted molar refractivity (Wildman–Crippen MR) is 103 cm³/mol. The number of halogens is 1. The van der Waals surface area contributed by atoms with E-state index in [1.54, 1.807) is 24.3 Å². The van der Waals surface area contributed by atoms with Crippen molar-refractivity contribution in [3.05, 3.63) is 53.2 Å². The van der Waals surface area contributed by atoms with Crippen molar-refractivity contribution in [3.63, 3.8) is 0 Å². The maximum absolute atomic E-state index is 12.4. The maximum Gasteiger partial charge on any atom is 0.341 e. The molecule has 0 fully saturated rings. The summed E-state index contributed by atoms with van der Waals surface area (Å²) < 4.78 is 5.30. The van der Waals surface area contributed by atoms with Crippen LogP contribution in [-0.4, -0.2) is 29.5 Å². The van der Waals surface area contributed by atoms with Gasteiger partial charge in [-0.2, -0.15) is 0 Å². The molecule has 6 nitrogen and oxygen atoms in total. The molecule has 1 atom stereocenters. The normalized spacial score (nSPS) is 11.5. The van der Waals surface area contributed by atoms with Crippen LogP contribution in [0.15, 0.2) is 42.6 Å². The van der Waals surface area contributed by atoms with Crippen LogP contribution in [0, 0.1) is 0 Å². The molecule has 7 heteroatoms. The molecule has 1 aromatic carbocycles. The summed E-state index contributed by atoms with van der Waals surface area (Å²) in [6.45, 7) is 4.37. The van der Waals surface area contributed by atoms with Gasteiger partial charge in [0.1, 0.15) is 5.82 Å². The van der Waals surface area contributed by atoms with Crippen LogP contribution < -0.4 is 10.6 Å². The first-order valence-corrected chi connectivity index (χ1v) is 8.85. The summed E-state index contributed by atoms with van der Waals surface area (Å²) in [5, 5.41) is 6.27. The van der Waals surface area contributed by atoms with Gasteiger partial charge in [0, 0.05) is 18.4 Å².